The fourth-order valence-corrected chi connectivity index (χ4v) is 3.78. The lowest BCUT2D eigenvalue weighted by Crippen LogP contribution is -2.30. The third-order valence-corrected chi connectivity index (χ3v) is 5.70. The van der Waals surface area contributed by atoms with Gasteiger partial charge in [0, 0.05) is 17.5 Å². The van der Waals surface area contributed by atoms with Gasteiger partial charge >= 0.3 is 0 Å². The number of aromatic amines is 1. The molecular formula is C24H25N. The first-order chi connectivity index (χ1) is 12.0. The van der Waals surface area contributed by atoms with E-state index in [2.05, 4.69) is 87.4 Å². The van der Waals surface area contributed by atoms with Crippen LogP contribution in [0.2, 0.25) is 0 Å². The molecule has 1 heteroatoms. The number of nitrogens with one attached hydrogen (secondary N) is 1. The average Bonchev–Trinajstić information content (AvgIpc) is 3.07. The molecule has 0 aliphatic heterocycles. The molecule has 0 amide bonds. The topological polar surface area (TPSA) is 15.8 Å². The summed E-state index contributed by atoms with van der Waals surface area (Å²) in [6, 6.07) is 15.9. The number of hydrogen-bond donors (Lipinski definition) is 1. The first-order valence-corrected chi connectivity index (χ1v) is 9.06. The van der Waals surface area contributed by atoms with Crippen LogP contribution in [-0.2, 0) is 0 Å². The van der Waals surface area contributed by atoms with E-state index < -0.39 is 0 Å². The zero-order valence-electron chi connectivity index (χ0n) is 15.5. The van der Waals surface area contributed by atoms with Gasteiger partial charge in [-0.2, -0.15) is 0 Å². The van der Waals surface area contributed by atoms with Gasteiger partial charge in [0.05, 0.1) is 0 Å². The van der Waals surface area contributed by atoms with Gasteiger partial charge in [0.15, 0.2) is 0 Å². The molecule has 1 heterocycles. The van der Waals surface area contributed by atoms with Crippen molar-refractivity contribution in [1.29, 1.82) is 0 Å². The summed E-state index contributed by atoms with van der Waals surface area (Å²) in [6.07, 6.45) is 5.52. The molecule has 1 atom stereocenters. The SMILES string of the molecule is Cc1ccc(C2=c3[nH]ccc3=CC(c3ccc(C)c(C)c3)C2)cc1C. The molecule has 0 saturated heterocycles. The highest BCUT2D eigenvalue weighted by atomic mass is 14.7. The van der Waals surface area contributed by atoms with Crippen molar-refractivity contribution < 1.29 is 0 Å². The molecular weight excluding hydrogens is 302 g/mol. The molecule has 0 radical (unpaired) electrons. The number of aryl methyl sites for hydroxylation is 4. The summed E-state index contributed by atoms with van der Waals surface area (Å²) in [6.45, 7) is 8.76. The van der Waals surface area contributed by atoms with E-state index in [0.717, 1.165) is 6.42 Å². The molecule has 1 aromatic heterocycles. The van der Waals surface area contributed by atoms with Crippen molar-refractivity contribution in [1.82, 2.24) is 4.98 Å². The summed E-state index contributed by atoms with van der Waals surface area (Å²) >= 11 is 0. The van der Waals surface area contributed by atoms with E-state index in [1.54, 1.807) is 0 Å². The average molecular weight is 327 g/mol. The summed E-state index contributed by atoms with van der Waals surface area (Å²) in [4.78, 5) is 3.46. The Morgan fingerprint density at radius 2 is 1.52 bits per heavy atom. The predicted octanol–water partition coefficient (Wildman–Crippen LogP) is 4.42. The Morgan fingerprint density at radius 3 is 2.24 bits per heavy atom. The molecule has 4 rings (SSSR count). The molecule has 1 N–H and O–H groups in total. The van der Waals surface area contributed by atoms with Crippen LogP contribution in [0, 0.1) is 27.7 Å². The summed E-state index contributed by atoms with van der Waals surface area (Å²) in [7, 11) is 0. The van der Waals surface area contributed by atoms with Crippen molar-refractivity contribution >= 4 is 11.6 Å². The van der Waals surface area contributed by atoms with Gasteiger partial charge in [0.1, 0.15) is 0 Å². The van der Waals surface area contributed by atoms with Gasteiger partial charge in [-0.25, -0.2) is 0 Å². The van der Waals surface area contributed by atoms with Crippen LogP contribution < -0.4 is 10.6 Å². The quantitative estimate of drug-likeness (QED) is 0.717. The third-order valence-electron chi connectivity index (χ3n) is 5.70. The van der Waals surface area contributed by atoms with Gasteiger partial charge in [0.2, 0.25) is 0 Å². The molecule has 2 aromatic carbocycles. The maximum Gasteiger partial charge on any atom is 0.0489 e. The lowest BCUT2D eigenvalue weighted by Gasteiger charge is -2.21. The largest absolute Gasteiger partial charge is 0.361 e. The molecule has 126 valence electrons. The summed E-state index contributed by atoms with van der Waals surface area (Å²) in [5.74, 6) is 0.430. The van der Waals surface area contributed by atoms with Crippen LogP contribution in [-0.4, -0.2) is 4.98 Å². The Morgan fingerprint density at radius 1 is 0.800 bits per heavy atom. The molecule has 1 unspecified atom stereocenters. The number of rotatable bonds is 2. The van der Waals surface area contributed by atoms with E-state index in [1.165, 1.54) is 49.5 Å². The molecule has 1 nitrogen and oxygen atoms in total. The number of aromatic nitrogens is 1. The van der Waals surface area contributed by atoms with Gasteiger partial charge in [-0.15, -0.1) is 0 Å². The number of hydrogen-bond acceptors (Lipinski definition) is 0. The molecule has 1 aliphatic rings. The molecule has 25 heavy (non-hydrogen) atoms. The molecule has 0 spiro atoms. The number of benzene rings is 2. The van der Waals surface area contributed by atoms with Crippen LogP contribution >= 0.6 is 0 Å². The van der Waals surface area contributed by atoms with Gasteiger partial charge < -0.3 is 4.98 Å². The zero-order chi connectivity index (χ0) is 17.6. The van der Waals surface area contributed by atoms with Crippen molar-refractivity contribution in [2.45, 2.75) is 40.0 Å². The Balaban J connectivity index is 1.85. The first kappa shape index (κ1) is 16.0. The smallest absolute Gasteiger partial charge is 0.0489 e. The van der Waals surface area contributed by atoms with Gasteiger partial charge in [-0.05, 0) is 84.4 Å². The Labute approximate surface area is 149 Å². The molecule has 0 saturated carbocycles. The monoisotopic (exact) mass is 327 g/mol. The van der Waals surface area contributed by atoms with Crippen LogP contribution in [0.15, 0.2) is 48.7 Å². The fraction of sp³-hybridized carbons (Fsp3) is 0.250. The Bertz CT molecular complexity index is 1070. The van der Waals surface area contributed by atoms with Crippen molar-refractivity contribution in [3.05, 3.63) is 92.6 Å². The minimum atomic E-state index is 0.430. The normalized spacial score (nSPS) is 16.5. The van der Waals surface area contributed by atoms with Gasteiger partial charge in [-0.3, -0.25) is 0 Å². The Kier molecular flexibility index (Phi) is 3.88. The van der Waals surface area contributed by atoms with E-state index in [4.69, 9.17) is 0 Å². The van der Waals surface area contributed by atoms with Gasteiger partial charge in [0.25, 0.3) is 0 Å². The minimum absolute atomic E-state index is 0.430. The van der Waals surface area contributed by atoms with E-state index in [1.807, 2.05) is 0 Å². The Hall–Kier alpha value is -2.54. The summed E-state index contributed by atoms with van der Waals surface area (Å²) in [5, 5.41) is 2.60. The predicted molar refractivity (Wildman–Crippen MR) is 106 cm³/mol. The van der Waals surface area contributed by atoms with E-state index in [-0.39, 0.29) is 0 Å². The maximum atomic E-state index is 3.46. The van der Waals surface area contributed by atoms with E-state index in [0.29, 0.717) is 5.92 Å². The van der Waals surface area contributed by atoms with E-state index in [9.17, 15) is 0 Å². The second-order valence-corrected chi connectivity index (χ2v) is 7.41. The fourth-order valence-electron chi connectivity index (χ4n) is 3.78. The van der Waals surface area contributed by atoms with Crippen LogP contribution in [0.3, 0.4) is 0 Å². The highest BCUT2D eigenvalue weighted by Gasteiger charge is 2.18. The van der Waals surface area contributed by atoms with Crippen LogP contribution in [0.4, 0.5) is 0 Å². The number of H-pyrrole nitrogens is 1. The van der Waals surface area contributed by atoms with Crippen LogP contribution in [0.1, 0.15) is 45.7 Å². The van der Waals surface area contributed by atoms with Crippen molar-refractivity contribution in [3.8, 4) is 0 Å². The lowest BCUT2D eigenvalue weighted by atomic mass is 9.84. The third kappa shape index (κ3) is 2.84. The van der Waals surface area contributed by atoms with E-state index >= 15 is 0 Å². The first-order valence-electron chi connectivity index (χ1n) is 9.06. The second kappa shape index (κ2) is 6.07. The van der Waals surface area contributed by atoms with Crippen LogP contribution in [0.25, 0.3) is 11.6 Å². The molecule has 1 aliphatic carbocycles. The molecule has 0 bridgehead atoms. The van der Waals surface area contributed by atoms with Crippen molar-refractivity contribution in [3.63, 3.8) is 0 Å². The number of fused-ring (bicyclic) bond motifs is 1. The highest BCUT2D eigenvalue weighted by Crippen LogP contribution is 2.31. The zero-order valence-corrected chi connectivity index (χ0v) is 15.5. The lowest BCUT2D eigenvalue weighted by molar-refractivity contribution is 0.893. The second-order valence-electron chi connectivity index (χ2n) is 7.41. The standard InChI is InChI=1S/C24H25N/c1-15-5-7-19(11-17(15)3)22-13-21-9-10-25-24(21)23(14-22)20-8-6-16(2)18(4)12-20/h5-13,22,25H,14H2,1-4H3. The molecule has 3 aromatic rings. The maximum absolute atomic E-state index is 3.46. The van der Waals surface area contributed by atoms with Crippen LogP contribution in [0.5, 0.6) is 0 Å². The van der Waals surface area contributed by atoms with Gasteiger partial charge in [-0.1, -0.05) is 42.5 Å². The summed E-state index contributed by atoms with van der Waals surface area (Å²) in [5.41, 5.74) is 9.62. The van der Waals surface area contributed by atoms with Crippen molar-refractivity contribution in [2.24, 2.45) is 0 Å². The molecule has 0 fully saturated rings. The van der Waals surface area contributed by atoms with Crippen molar-refractivity contribution in [2.75, 3.05) is 0 Å². The minimum Gasteiger partial charge on any atom is -0.361 e. The highest BCUT2D eigenvalue weighted by molar-refractivity contribution is 5.70. The summed E-state index contributed by atoms with van der Waals surface area (Å²) < 4.78 is 0.